The van der Waals surface area contributed by atoms with Crippen molar-refractivity contribution in [2.45, 2.75) is 70.6 Å². The Bertz CT molecular complexity index is 1320. The Morgan fingerprint density at radius 3 is 2.67 bits per heavy atom. The first-order valence-corrected chi connectivity index (χ1v) is 12.3. The minimum absolute atomic E-state index is 0.0828. The van der Waals surface area contributed by atoms with E-state index in [2.05, 4.69) is 42.1 Å². The standard InChI is InChI=1S/C28H33N5O3/c1-7-26(3,4)28-14-22-23(35)30-21(12-18-15-32(16-29-18)27(5,6)13-17(2)34)24(36)33(22)25(28)31-20-11-9-8-10-19(20)28/h7-12,15-16,22,25,31H,1,13-14H2,2-6H3,(H,30,35). The lowest BCUT2D eigenvalue weighted by Gasteiger charge is -2.43. The van der Waals surface area contributed by atoms with Gasteiger partial charge in [0.25, 0.3) is 5.91 Å². The first-order chi connectivity index (χ1) is 16.9. The van der Waals surface area contributed by atoms with E-state index >= 15 is 0 Å². The van der Waals surface area contributed by atoms with Gasteiger partial charge >= 0.3 is 0 Å². The zero-order chi connectivity index (χ0) is 26.0. The molecule has 0 bridgehead atoms. The maximum atomic E-state index is 13.9. The number of carbonyl (C=O) groups excluding carboxylic acids is 3. The number of hydrogen-bond donors (Lipinski definition) is 2. The van der Waals surface area contributed by atoms with E-state index in [1.807, 2.05) is 42.7 Å². The van der Waals surface area contributed by atoms with Crippen molar-refractivity contribution < 1.29 is 14.4 Å². The van der Waals surface area contributed by atoms with Crippen LogP contribution < -0.4 is 10.6 Å². The number of fused-ring (bicyclic) bond motifs is 5. The van der Waals surface area contributed by atoms with Crippen LogP contribution in [-0.4, -0.2) is 44.3 Å². The Balaban J connectivity index is 1.52. The molecule has 8 nitrogen and oxygen atoms in total. The summed E-state index contributed by atoms with van der Waals surface area (Å²) >= 11 is 0. The third-order valence-corrected chi connectivity index (χ3v) is 8.26. The molecule has 2 fully saturated rings. The zero-order valence-corrected chi connectivity index (χ0v) is 21.5. The highest BCUT2D eigenvalue weighted by Gasteiger charge is 2.66. The molecule has 188 valence electrons. The third kappa shape index (κ3) is 3.34. The molecular weight excluding hydrogens is 454 g/mol. The Morgan fingerprint density at radius 1 is 1.25 bits per heavy atom. The highest BCUT2D eigenvalue weighted by Crippen LogP contribution is 2.60. The van der Waals surface area contributed by atoms with Crippen LogP contribution in [0.1, 0.15) is 58.7 Å². The summed E-state index contributed by atoms with van der Waals surface area (Å²) in [5.41, 5.74) is 1.46. The highest BCUT2D eigenvalue weighted by atomic mass is 16.2. The summed E-state index contributed by atoms with van der Waals surface area (Å²) in [6.45, 7) is 13.8. The first kappa shape index (κ1) is 24.0. The molecule has 3 atom stereocenters. The SMILES string of the molecule is C=CC(C)(C)C12CC3C(=O)NC(=Cc4cn(C(C)(C)CC(C)=O)cn4)C(=O)N3C1Nc1ccccc12. The topological polar surface area (TPSA) is 96.3 Å². The summed E-state index contributed by atoms with van der Waals surface area (Å²) in [6, 6.07) is 7.48. The molecule has 4 heterocycles. The Kier molecular flexibility index (Phi) is 5.28. The maximum Gasteiger partial charge on any atom is 0.272 e. The van der Waals surface area contributed by atoms with E-state index in [0.717, 1.165) is 11.3 Å². The van der Waals surface area contributed by atoms with Crippen molar-refractivity contribution in [2.75, 3.05) is 5.32 Å². The third-order valence-electron chi connectivity index (χ3n) is 8.26. The van der Waals surface area contributed by atoms with Crippen molar-refractivity contribution in [3.63, 3.8) is 0 Å². The van der Waals surface area contributed by atoms with Crippen LogP contribution in [-0.2, 0) is 25.3 Å². The smallest absolute Gasteiger partial charge is 0.272 e. The molecule has 2 aromatic rings. The number of imidazole rings is 1. The van der Waals surface area contributed by atoms with E-state index in [1.54, 1.807) is 30.4 Å². The average molecular weight is 488 g/mol. The molecular formula is C28H33N5O3. The van der Waals surface area contributed by atoms with Crippen LogP contribution in [0.15, 0.2) is 55.1 Å². The molecule has 0 saturated carbocycles. The molecule has 0 spiro atoms. The maximum absolute atomic E-state index is 13.9. The Labute approximate surface area is 211 Å². The Morgan fingerprint density at radius 2 is 1.97 bits per heavy atom. The van der Waals surface area contributed by atoms with Crippen LogP contribution in [0.4, 0.5) is 5.69 Å². The van der Waals surface area contributed by atoms with Crippen molar-refractivity contribution in [3.05, 3.63) is 66.4 Å². The van der Waals surface area contributed by atoms with E-state index < -0.39 is 17.0 Å². The summed E-state index contributed by atoms with van der Waals surface area (Å²) in [6.07, 6.45) is 7.45. The summed E-state index contributed by atoms with van der Waals surface area (Å²) in [5, 5.41) is 6.39. The molecule has 3 unspecified atom stereocenters. The molecule has 0 aliphatic carbocycles. The van der Waals surface area contributed by atoms with E-state index in [9.17, 15) is 14.4 Å². The second-order valence-corrected chi connectivity index (χ2v) is 11.4. The van der Waals surface area contributed by atoms with Crippen LogP contribution in [0.3, 0.4) is 0 Å². The van der Waals surface area contributed by atoms with Crippen molar-refractivity contribution in [2.24, 2.45) is 5.41 Å². The van der Waals surface area contributed by atoms with Gasteiger partial charge in [0.15, 0.2) is 0 Å². The number of aromatic nitrogens is 2. The van der Waals surface area contributed by atoms with Gasteiger partial charge in [0, 0.05) is 29.3 Å². The number of allylic oxidation sites excluding steroid dienone is 1. The van der Waals surface area contributed by atoms with Gasteiger partial charge in [0.1, 0.15) is 23.7 Å². The minimum Gasteiger partial charge on any atom is -0.364 e. The number of nitrogens with one attached hydrogen (secondary N) is 2. The van der Waals surface area contributed by atoms with Crippen molar-refractivity contribution >= 4 is 29.4 Å². The van der Waals surface area contributed by atoms with Gasteiger partial charge in [-0.1, -0.05) is 38.1 Å². The molecule has 0 radical (unpaired) electrons. The minimum atomic E-state index is -0.591. The molecule has 2 saturated heterocycles. The number of para-hydroxylation sites is 1. The quantitative estimate of drug-likeness (QED) is 0.480. The predicted molar refractivity (Wildman–Crippen MR) is 138 cm³/mol. The van der Waals surface area contributed by atoms with Crippen LogP contribution in [0.25, 0.3) is 6.08 Å². The molecule has 5 rings (SSSR count). The zero-order valence-electron chi connectivity index (χ0n) is 21.5. The second-order valence-electron chi connectivity index (χ2n) is 11.4. The number of anilines is 1. The number of Topliss-reactive ketones (excluding diaryl/α,β-unsaturated/α-hetero) is 1. The van der Waals surface area contributed by atoms with Crippen molar-refractivity contribution in [1.82, 2.24) is 19.8 Å². The van der Waals surface area contributed by atoms with Gasteiger partial charge in [0.05, 0.1) is 12.0 Å². The summed E-state index contributed by atoms with van der Waals surface area (Å²) in [4.78, 5) is 45.0. The fourth-order valence-corrected chi connectivity index (χ4v) is 6.25. The summed E-state index contributed by atoms with van der Waals surface area (Å²) in [7, 11) is 0. The van der Waals surface area contributed by atoms with Gasteiger partial charge in [0.2, 0.25) is 5.91 Å². The van der Waals surface area contributed by atoms with Gasteiger partial charge in [-0.25, -0.2) is 4.98 Å². The highest BCUT2D eigenvalue weighted by molar-refractivity contribution is 6.08. The normalized spacial score (nSPS) is 26.2. The monoisotopic (exact) mass is 487 g/mol. The first-order valence-electron chi connectivity index (χ1n) is 12.3. The van der Waals surface area contributed by atoms with Crippen LogP contribution in [0.5, 0.6) is 0 Å². The number of piperazine rings is 1. The van der Waals surface area contributed by atoms with E-state index in [4.69, 9.17) is 0 Å². The summed E-state index contributed by atoms with van der Waals surface area (Å²) < 4.78 is 1.86. The lowest BCUT2D eigenvalue weighted by molar-refractivity contribution is -0.141. The van der Waals surface area contributed by atoms with Gasteiger partial charge < -0.3 is 20.1 Å². The number of nitrogens with zero attached hydrogens (tertiary/aromatic N) is 3. The van der Waals surface area contributed by atoms with Crippen LogP contribution in [0.2, 0.25) is 0 Å². The molecule has 1 aromatic carbocycles. The molecule has 3 aliphatic heterocycles. The fourth-order valence-electron chi connectivity index (χ4n) is 6.25. The molecule has 36 heavy (non-hydrogen) atoms. The number of ketones is 1. The van der Waals surface area contributed by atoms with E-state index in [-0.39, 0.29) is 34.9 Å². The van der Waals surface area contributed by atoms with Gasteiger partial charge in [-0.2, -0.15) is 0 Å². The number of hydrogen-bond acceptors (Lipinski definition) is 5. The van der Waals surface area contributed by atoms with Crippen molar-refractivity contribution in [3.8, 4) is 0 Å². The van der Waals surface area contributed by atoms with Gasteiger partial charge in [-0.3, -0.25) is 14.4 Å². The number of rotatable bonds is 6. The molecule has 3 aliphatic rings. The van der Waals surface area contributed by atoms with Gasteiger partial charge in [-0.15, -0.1) is 6.58 Å². The number of amides is 2. The largest absolute Gasteiger partial charge is 0.364 e. The molecule has 8 heteroatoms. The van der Waals surface area contributed by atoms with Crippen LogP contribution in [0, 0.1) is 5.41 Å². The summed E-state index contributed by atoms with van der Waals surface area (Å²) in [5.74, 6) is -0.367. The molecule has 2 N–H and O–H groups in total. The lowest BCUT2D eigenvalue weighted by Crippen LogP contribution is -2.59. The predicted octanol–water partition coefficient (Wildman–Crippen LogP) is 3.57. The van der Waals surface area contributed by atoms with Crippen LogP contribution >= 0.6 is 0 Å². The van der Waals surface area contributed by atoms with Gasteiger partial charge in [-0.05, 0) is 50.3 Å². The van der Waals surface area contributed by atoms with Crippen molar-refractivity contribution in [1.29, 1.82) is 0 Å². The lowest BCUT2D eigenvalue weighted by atomic mass is 9.60. The molecule has 2 amide bonds. The number of carbonyl (C=O) groups is 3. The Hall–Kier alpha value is -3.68. The second kappa shape index (κ2) is 7.91. The fraction of sp³-hybridized carbons (Fsp3) is 0.429. The van der Waals surface area contributed by atoms with E-state index in [0.29, 0.717) is 18.5 Å². The number of benzene rings is 1. The molecule has 1 aromatic heterocycles. The van der Waals surface area contributed by atoms with E-state index in [1.165, 1.54) is 0 Å². The average Bonchev–Trinajstić information content (AvgIpc) is 3.49.